The lowest BCUT2D eigenvalue weighted by molar-refractivity contribution is -0.115. The maximum Gasteiger partial charge on any atom is 0.247 e. The summed E-state index contributed by atoms with van der Waals surface area (Å²) in [7, 11) is 0. The Bertz CT molecular complexity index is 311. The molecule has 0 spiro atoms. The fourth-order valence-corrected chi connectivity index (χ4v) is 0.805. The fourth-order valence-electron chi connectivity index (χ4n) is 0.805. The van der Waals surface area contributed by atoms with E-state index in [1.165, 1.54) is 6.08 Å². The van der Waals surface area contributed by atoms with E-state index in [-0.39, 0.29) is 11.7 Å². The lowest BCUT2D eigenvalue weighted by Gasteiger charge is -2.08. The van der Waals surface area contributed by atoms with Crippen LogP contribution in [0.5, 0.6) is 0 Å². The first-order chi connectivity index (χ1) is 6.52. The highest BCUT2D eigenvalue weighted by atomic mass is 16.3. The molecule has 0 rings (SSSR count). The molecule has 3 heteroatoms. The smallest absolute Gasteiger partial charge is 0.247 e. The Labute approximate surface area is 84.1 Å². The minimum absolute atomic E-state index is 0.0183. The van der Waals surface area contributed by atoms with Crippen LogP contribution < -0.4 is 5.32 Å². The minimum atomic E-state index is -0.376. The molecular weight excluding hydrogens is 178 g/mol. The molecule has 0 saturated heterocycles. The van der Waals surface area contributed by atoms with E-state index >= 15 is 0 Å². The first-order valence-corrected chi connectivity index (χ1v) is 4.18. The summed E-state index contributed by atoms with van der Waals surface area (Å²) in [5.41, 5.74) is 0.892. The summed E-state index contributed by atoms with van der Waals surface area (Å²) in [6, 6.07) is 0. The van der Waals surface area contributed by atoms with Crippen LogP contribution >= 0.6 is 0 Å². The number of rotatable bonds is 4. The van der Waals surface area contributed by atoms with Gasteiger partial charge in [-0.3, -0.25) is 4.79 Å². The number of aliphatic hydroxyl groups is 1. The van der Waals surface area contributed by atoms with Gasteiger partial charge in [-0.05, 0) is 31.6 Å². The zero-order chi connectivity index (χ0) is 11.1. The van der Waals surface area contributed by atoms with E-state index in [1.54, 1.807) is 19.9 Å². The van der Waals surface area contributed by atoms with Crippen molar-refractivity contribution >= 4 is 5.91 Å². The van der Waals surface area contributed by atoms with Crippen molar-refractivity contribution in [1.82, 2.24) is 5.32 Å². The van der Waals surface area contributed by atoms with Gasteiger partial charge in [-0.2, -0.15) is 0 Å². The van der Waals surface area contributed by atoms with Crippen LogP contribution in [0.15, 0.2) is 48.4 Å². The van der Waals surface area contributed by atoms with E-state index < -0.39 is 0 Å². The average Bonchev–Trinajstić information content (AvgIpc) is 2.13. The molecule has 0 aromatic carbocycles. The van der Waals surface area contributed by atoms with Crippen LogP contribution in [0.3, 0.4) is 0 Å². The van der Waals surface area contributed by atoms with Gasteiger partial charge in [-0.15, -0.1) is 0 Å². The van der Waals surface area contributed by atoms with E-state index in [2.05, 4.69) is 18.5 Å². The Hall–Kier alpha value is -1.77. The highest BCUT2D eigenvalue weighted by Gasteiger charge is 2.06. The minimum Gasteiger partial charge on any atom is -0.506 e. The molecule has 0 aliphatic heterocycles. The number of nitrogens with one attached hydrogen (secondary N) is 1. The van der Waals surface area contributed by atoms with Crippen molar-refractivity contribution in [3.63, 3.8) is 0 Å². The Kier molecular flexibility index (Phi) is 5.07. The maximum atomic E-state index is 11.0. The van der Waals surface area contributed by atoms with Crippen LogP contribution in [-0.2, 0) is 4.79 Å². The number of carbonyl (C=O) groups is 1. The number of carbonyl (C=O) groups excluding carboxylic acids is 1. The van der Waals surface area contributed by atoms with Crippen LogP contribution in [-0.4, -0.2) is 11.0 Å². The zero-order valence-electron chi connectivity index (χ0n) is 8.50. The molecule has 2 N–H and O–H groups in total. The molecular formula is C11H15NO2. The highest BCUT2D eigenvalue weighted by Crippen LogP contribution is 2.08. The predicted octanol–water partition coefficient (Wildman–Crippen LogP) is 2.21. The summed E-state index contributed by atoms with van der Waals surface area (Å²) in [5.74, 6) is -0.394. The van der Waals surface area contributed by atoms with Gasteiger partial charge in [0.1, 0.15) is 5.76 Å². The molecule has 0 aromatic heterocycles. The summed E-state index contributed by atoms with van der Waals surface area (Å²) in [5, 5.41) is 12.0. The summed E-state index contributed by atoms with van der Waals surface area (Å²) in [4.78, 5) is 11.0. The third-order valence-electron chi connectivity index (χ3n) is 1.44. The van der Waals surface area contributed by atoms with Crippen molar-refractivity contribution in [3.05, 3.63) is 48.4 Å². The lowest BCUT2D eigenvalue weighted by atomic mass is 10.2. The third kappa shape index (κ3) is 3.76. The summed E-state index contributed by atoms with van der Waals surface area (Å²) in [6.45, 7) is 10.4. The largest absolute Gasteiger partial charge is 0.506 e. The van der Waals surface area contributed by atoms with Gasteiger partial charge in [0.05, 0.1) is 5.70 Å². The Morgan fingerprint density at radius 1 is 1.50 bits per heavy atom. The molecule has 14 heavy (non-hydrogen) atoms. The van der Waals surface area contributed by atoms with Gasteiger partial charge in [0.15, 0.2) is 0 Å². The standard InChI is InChI=1S/C11H15NO2/c1-5-7-9(13)11(8(3)4)12-10(14)6-2/h5-7,13H,2-3H2,1,4H3,(H,12,14)/b7-5-,11-9-. The number of amides is 1. The van der Waals surface area contributed by atoms with Gasteiger partial charge in [-0.25, -0.2) is 0 Å². The normalized spacial score (nSPS) is 12.1. The number of allylic oxidation sites excluding steroid dienone is 3. The number of hydrogen-bond acceptors (Lipinski definition) is 2. The number of aliphatic hydroxyl groups excluding tert-OH is 1. The van der Waals surface area contributed by atoms with Gasteiger partial charge >= 0.3 is 0 Å². The highest BCUT2D eigenvalue weighted by molar-refractivity contribution is 5.88. The average molecular weight is 193 g/mol. The first kappa shape index (κ1) is 12.2. The second kappa shape index (κ2) is 5.80. The van der Waals surface area contributed by atoms with E-state index in [1.807, 2.05) is 0 Å². The molecule has 0 bridgehead atoms. The van der Waals surface area contributed by atoms with Crippen molar-refractivity contribution < 1.29 is 9.90 Å². The molecule has 0 aliphatic rings. The maximum absolute atomic E-state index is 11.0. The zero-order valence-corrected chi connectivity index (χ0v) is 8.50. The predicted molar refractivity (Wildman–Crippen MR) is 57.6 cm³/mol. The summed E-state index contributed by atoms with van der Waals surface area (Å²) < 4.78 is 0. The SMILES string of the molecule is C=CC(=O)N/C(C(=C)C)=C(O)/C=C\C. The van der Waals surface area contributed by atoms with E-state index in [4.69, 9.17) is 0 Å². The summed E-state index contributed by atoms with van der Waals surface area (Å²) in [6.07, 6.45) is 4.28. The van der Waals surface area contributed by atoms with E-state index in [0.29, 0.717) is 11.3 Å². The van der Waals surface area contributed by atoms with Crippen molar-refractivity contribution in [2.75, 3.05) is 0 Å². The molecule has 0 heterocycles. The Morgan fingerprint density at radius 3 is 2.43 bits per heavy atom. The van der Waals surface area contributed by atoms with Crippen molar-refractivity contribution in [2.45, 2.75) is 13.8 Å². The van der Waals surface area contributed by atoms with Gasteiger partial charge in [0, 0.05) is 0 Å². The molecule has 3 nitrogen and oxygen atoms in total. The van der Waals surface area contributed by atoms with Gasteiger partial charge in [0.25, 0.3) is 0 Å². The van der Waals surface area contributed by atoms with Crippen LogP contribution in [0.2, 0.25) is 0 Å². The van der Waals surface area contributed by atoms with Crippen molar-refractivity contribution in [1.29, 1.82) is 0 Å². The van der Waals surface area contributed by atoms with Crippen LogP contribution in [0, 0.1) is 0 Å². The number of hydrogen-bond donors (Lipinski definition) is 2. The van der Waals surface area contributed by atoms with Crippen LogP contribution in [0.4, 0.5) is 0 Å². The summed E-state index contributed by atoms with van der Waals surface area (Å²) >= 11 is 0. The van der Waals surface area contributed by atoms with E-state index in [0.717, 1.165) is 6.08 Å². The molecule has 0 aromatic rings. The molecule has 76 valence electrons. The fraction of sp³-hybridized carbons (Fsp3) is 0.182. The molecule has 0 atom stereocenters. The third-order valence-corrected chi connectivity index (χ3v) is 1.44. The van der Waals surface area contributed by atoms with E-state index in [9.17, 15) is 9.90 Å². The molecule has 0 aliphatic carbocycles. The molecule has 0 saturated carbocycles. The second-order valence-corrected chi connectivity index (χ2v) is 2.73. The monoisotopic (exact) mass is 193 g/mol. The molecule has 0 unspecified atom stereocenters. The van der Waals surface area contributed by atoms with Crippen molar-refractivity contribution in [3.8, 4) is 0 Å². The lowest BCUT2D eigenvalue weighted by Crippen LogP contribution is -2.22. The van der Waals surface area contributed by atoms with Gasteiger partial charge < -0.3 is 10.4 Å². The second-order valence-electron chi connectivity index (χ2n) is 2.73. The van der Waals surface area contributed by atoms with Crippen LogP contribution in [0.1, 0.15) is 13.8 Å². The topological polar surface area (TPSA) is 49.3 Å². The molecule has 0 fully saturated rings. The first-order valence-electron chi connectivity index (χ1n) is 4.18. The molecule has 1 amide bonds. The Balaban J connectivity index is 4.94. The van der Waals surface area contributed by atoms with Crippen molar-refractivity contribution in [2.24, 2.45) is 0 Å². The molecule has 0 radical (unpaired) electrons. The Morgan fingerprint density at radius 2 is 2.07 bits per heavy atom. The van der Waals surface area contributed by atoms with Gasteiger partial charge in [-0.1, -0.05) is 19.2 Å². The van der Waals surface area contributed by atoms with Crippen LogP contribution in [0.25, 0.3) is 0 Å². The van der Waals surface area contributed by atoms with Gasteiger partial charge in [0.2, 0.25) is 5.91 Å². The quantitative estimate of drug-likeness (QED) is 0.408.